The Morgan fingerprint density at radius 3 is 2.89 bits per heavy atom. The van der Waals surface area contributed by atoms with Gasteiger partial charge in [0.2, 0.25) is 11.5 Å². The summed E-state index contributed by atoms with van der Waals surface area (Å²) in [5.41, 5.74) is 8.72. The first-order chi connectivity index (χ1) is 9.20. The van der Waals surface area contributed by atoms with Gasteiger partial charge in [0.05, 0.1) is 11.1 Å². The molecule has 0 unspecified atom stereocenters. The van der Waals surface area contributed by atoms with E-state index >= 15 is 0 Å². The highest BCUT2D eigenvalue weighted by Crippen LogP contribution is 2.35. The molecule has 0 aliphatic rings. The summed E-state index contributed by atoms with van der Waals surface area (Å²) in [5, 5.41) is 1.37. The molecule has 19 heavy (non-hydrogen) atoms. The number of furan rings is 1. The van der Waals surface area contributed by atoms with Crippen molar-refractivity contribution >= 4 is 28.4 Å². The second kappa shape index (κ2) is 4.34. The van der Waals surface area contributed by atoms with E-state index in [-0.39, 0.29) is 0 Å². The number of hydrogen-bond acceptors (Lipinski definition) is 3. The van der Waals surface area contributed by atoms with Crippen LogP contribution in [0.1, 0.15) is 5.76 Å². The number of terminal acetylenes is 1. The molecule has 3 rings (SSSR count). The molecule has 4 heteroatoms. The standard InChI is InChI=1S/C15H9ClN2O/c1-2-12-14(17)13-11(6-7-18-15(13)19-12)9-4-3-5-10(16)8-9/h1,3-8H,17H2. The minimum atomic E-state index is 0.303. The zero-order valence-corrected chi connectivity index (χ0v) is 10.6. The number of anilines is 1. The molecule has 0 radical (unpaired) electrons. The van der Waals surface area contributed by atoms with E-state index in [1.807, 2.05) is 30.3 Å². The Morgan fingerprint density at radius 1 is 1.32 bits per heavy atom. The molecule has 0 aliphatic heterocycles. The highest BCUT2D eigenvalue weighted by molar-refractivity contribution is 6.31. The summed E-state index contributed by atoms with van der Waals surface area (Å²) in [6.45, 7) is 0. The lowest BCUT2D eigenvalue weighted by molar-refractivity contribution is 0.591. The normalized spacial score (nSPS) is 10.5. The van der Waals surface area contributed by atoms with Crippen molar-refractivity contribution in [3.63, 3.8) is 0 Å². The Bertz CT molecular complexity index is 815. The molecule has 0 spiro atoms. The largest absolute Gasteiger partial charge is 0.427 e. The van der Waals surface area contributed by atoms with Crippen molar-refractivity contribution in [2.24, 2.45) is 0 Å². The molecule has 2 heterocycles. The third-order valence-electron chi connectivity index (χ3n) is 2.90. The molecule has 2 aromatic heterocycles. The molecule has 0 fully saturated rings. The fourth-order valence-corrected chi connectivity index (χ4v) is 2.24. The highest BCUT2D eigenvalue weighted by Gasteiger charge is 2.15. The van der Waals surface area contributed by atoms with Crippen molar-refractivity contribution in [3.05, 3.63) is 47.3 Å². The third kappa shape index (κ3) is 1.83. The zero-order valence-electron chi connectivity index (χ0n) is 9.85. The van der Waals surface area contributed by atoms with Crippen LogP contribution in [-0.4, -0.2) is 4.98 Å². The van der Waals surface area contributed by atoms with Gasteiger partial charge in [0.25, 0.3) is 0 Å². The first-order valence-corrected chi connectivity index (χ1v) is 5.98. The van der Waals surface area contributed by atoms with Crippen LogP contribution >= 0.6 is 11.6 Å². The van der Waals surface area contributed by atoms with Crippen molar-refractivity contribution in [1.29, 1.82) is 0 Å². The van der Waals surface area contributed by atoms with Gasteiger partial charge in [-0.05, 0) is 35.2 Å². The zero-order chi connectivity index (χ0) is 13.4. The van der Waals surface area contributed by atoms with Crippen molar-refractivity contribution in [3.8, 4) is 23.5 Å². The van der Waals surface area contributed by atoms with Gasteiger partial charge in [0.15, 0.2) is 0 Å². The van der Waals surface area contributed by atoms with Crippen LogP contribution < -0.4 is 5.73 Å². The predicted molar refractivity (Wildman–Crippen MR) is 76.8 cm³/mol. The fraction of sp³-hybridized carbons (Fsp3) is 0. The number of benzene rings is 1. The maximum absolute atomic E-state index is 6.02. The molecule has 0 saturated carbocycles. The Hall–Kier alpha value is -2.44. The lowest BCUT2D eigenvalue weighted by Gasteiger charge is -2.03. The number of fused-ring (bicyclic) bond motifs is 1. The molecular weight excluding hydrogens is 260 g/mol. The summed E-state index contributed by atoms with van der Waals surface area (Å²) in [5.74, 6) is 2.72. The van der Waals surface area contributed by atoms with Crippen molar-refractivity contribution in [2.75, 3.05) is 5.73 Å². The number of hydrogen-bond donors (Lipinski definition) is 1. The summed E-state index contributed by atoms with van der Waals surface area (Å²) in [6, 6.07) is 9.36. The molecule has 3 aromatic rings. The summed E-state index contributed by atoms with van der Waals surface area (Å²) < 4.78 is 5.44. The number of halogens is 1. The third-order valence-corrected chi connectivity index (χ3v) is 3.13. The van der Waals surface area contributed by atoms with E-state index in [4.69, 9.17) is 28.2 Å². The number of aromatic nitrogens is 1. The number of nitrogen functional groups attached to an aromatic ring is 1. The van der Waals surface area contributed by atoms with E-state index in [2.05, 4.69) is 10.9 Å². The van der Waals surface area contributed by atoms with E-state index in [1.54, 1.807) is 6.20 Å². The molecule has 0 atom stereocenters. The molecule has 3 nitrogen and oxygen atoms in total. The Morgan fingerprint density at radius 2 is 2.16 bits per heavy atom. The molecule has 92 valence electrons. The lowest BCUT2D eigenvalue weighted by atomic mass is 10.0. The van der Waals surface area contributed by atoms with Gasteiger partial charge in [0.1, 0.15) is 0 Å². The fourth-order valence-electron chi connectivity index (χ4n) is 2.05. The van der Waals surface area contributed by atoms with Gasteiger partial charge in [-0.25, -0.2) is 4.98 Å². The summed E-state index contributed by atoms with van der Waals surface area (Å²) in [6.07, 6.45) is 7.01. The maximum Gasteiger partial charge on any atom is 0.230 e. The number of nitrogens with zero attached hydrogens (tertiary/aromatic N) is 1. The van der Waals surface area contributed by atoms with Gasteiger partial charge in [-0.1, -0.05) is 23.7 Å². The van der Waals surface area contributed by atoms with Gasteiger partial charge in [-0.2, -0.15) is 0 Å². The molecule has 2 N–H and O–H groups in total. The van der Waals surface area contributed by atoms with Crippen LogP contribution in [0.3, 0.4) is 0 Å². The SMILES string of the molecule is C#Cc1oc2nccc(-c3cccc(Cl)c3)c2c1N. The Labute approximate surface area is 115 Å². The molecule has 0 bridgehead atoms. The van der Waals surface area contributed by atoms with Crippen LogP contribution in [-0.2, 0) is 0 Å². The number of rotatable bonds is 1. The molecule has 0 saturated heterocycles. The van der Waals surface area contributed by atoms with E-state index < -0.39 is 0 Å². The first kappa shape index (κ1) is 11.6. The highest BCUT2D eigenvalue weighted by atomic mass is 35.5. The molecule has 0 aliphatic carbocycles. The van der Waals surface area contributed by atoms with Crippen molar-refractivity contribution in [2.45, 2.75) is 0 Å². The van der Waals surface area contributed by atoms with Crippen LogP contribution in [0.2, 0.25) is 5.02 Å². The van der Waals surface area contributed by atoms with Crippen molar-refractivity contribution in [1.82, 2.24) is 4.98 Å². The summed E-state index contributed by atoms with van der Waals surface area (Å²) in [7, 11) is 0. The second-order valence-corrected chi connectivity index (χ2v) is 4.47. The van der Waals surface area contributed by atoms with E-state index in [9.17, 15) is 0 Å². The van der Waals surface area contributed by atoms with Gasteiger partial charge in [-0.3, -0.25) is 0 Å². The van der Waals surface area contributed by atoms with Gasteiger partial charge in [0, 0.05) is 11.2 Å². The average molecular weight is 269 g/mol. The lowest BCUT2D eigenvalue weighted by Crippen LogP contribution is -1.88. The maximum atomic E-state index is 6.02. The smallest absolute Gasteiger partial charge is 0.230 e. The van der Waals surface area contributed by atoms with Gasteiger partial charge in [-0.15, -0.1) is 6.42 Å². The summed E-state index contributed by atoms with van der Waals surface area (Å²) >= 11 is 6.02. The topological polar surface area (TPSA) is 52.0 Å². The van der Waals surface area contributed by atoms with Crippen molar-refractivity contribution < 1.29 is 4.42 Å². The van der Waals surface area contributed by atoms with Gasteiger partial charge >= 0.3 is 0 Å². The van der Waals surface area contributed by atoms with E-state index in [0.717, 1.165) is 16.5 Å². The minimum Gasteiger partial charge on any atom is -0.427 e. The van der Waals surface area contributed by atoms with Crippen LogP contribution in [0.15, 0.2) is 40.9 Å². The van der Waals surface area contributed by atoms with Crippen LogP contribution in [0.25, 0.3) is 22.2 Å². The van der Waals surface area contributed by atoms with Crippen LogP contribution in [0.4, 0.5) is 5.69 Å². The van der Waals surface area contributed by atoms with Crippen LogP contribution in [0.5, 0.6) is 0 Å². The first-order valence-electron chi connectivity index (χ1n) is 5.60. The summed E-state index contributed by atoms with van der Waals surface area (Å²) in [4.78, 5) is 4.14. The van der Waals surface area contributed by atoms with E-state index in [0.29, 0.717) is 22.2 Å². The molecular formula is C15H9ClN2O. The quantitative estimate of drug-likeness (QED) is 0.685. The number of pyridine rings is 1. The average Bonchev–Trinajstić information content (AvgIpc) is 2.75. The second-order valence-electron chi connectivity index (χ2n) is 4.04. The van der Waals surface area contributed by atoms with Crippen LogP contribution in [0, 0.1) is 12.3 Å². The van der Waals surface area contributed by atoms with E-state index in [1.165, 1.54) is 0 Å². The monoisotopic (exact) mass is 268 g/mol. The molecule has 1 aromatic carbocycles. The molecule has 0 amide bonds. The predicted octanol–water partition coefficient (Wildman–Crippen LogP) is 3.71. The number of nitrogens with two attached hydrogens (primary N) is 1. The van der Waals surface area contributed by atoms with Gasteiger partial charge < -0.3 is 10.2 Å². The minimum absolute atomic E-state index is 0.303. The Balaban J connectivity index is 2.36. The Kier molecular flexibility index (Phi) is 2.66.